The van der Waals surface area contributed by atoms with Crippen molar-refractivity contribution in [3.8, 4) is 5.75 Å². The van der Waals surface area contributed by atoms with Crippen molar-refractivity contribution in [1.29, 1.82) is 0 Å². The molecule has 0 aliphatic rings. The smallest absolute Gasteiger partial charge is 0.324 e. The van der Waals surface area contributed by atoms with E-state index >= 15 is 0 Å². The first-order valence-electron chi connectivity index (χ1n) is 5.74. The fourth-order valence-corrected chi connectivity index (χ4v) is 2.50. The number of nitrogens with one attached hydrogen (secondary N) is 1. The Morgan fingerprint density at radius 3 is 2.79 bits per heavy atom. The van der Waals surface area contributed by atoms with E-state index in [0.29, 0.717) is 6.54 Å². The van der Waals surface area contributed by atoms with E-state index in [-0.39, 0.29) is 10.8 Å². The molecule has 2 aromatic rings. The van der Waals surface area contributed by atoms with Crippen molar-refractivity contribution >= 4 is 22.0 Å². The minimum atomic E-state index is -0.392. The van der Waals surface area contributed by atoms with Crippen LogP contribution in [-0.2, 0) is 6.54 Å². The number of hydrogen-bond acceptors (Lipinski definition) is 5. The van der Waals surface area contributed by atoms with Crippen LogP contribution in [0.15, 0.2) is 23.6 Å². The molecule has 0 spiro atoms. The summed E-state index contributed by atoms with van der Waals surface area (Å²) in [6.45, 7) is 4.17. The lowest BCUT2D eigenvalue weighted by Crippen LogP contribution is -2.00. The highest BCUT2D eigenvalue weighted by Crippen LogP contribution is 2.29. The standard InChI is InChI=1S/C13H14N2O3S/c1-8-3-4-11(9(2)13(8)16)14-6-10-5-12(15(17)18)19-7-10/h3-5,7,14,16H,6H2,1-2H3. The molecule has 100 valence electrons. The highest BCUT2D eigenvalue weighted by Gasteiger charge is 2.10. The van der Waals surface area contributed by atoms with Crippen LogP contribution in [0.25, 0.3) is 0 Å². The topological polar surface area (TPSA) is 75.4 Å². The normalized spacial score (nSPS) is 10.4. The first kappa shape index (κ1) is 13.4. The minimum Gasteiger partial charge on any atom is -0.507 e. The molecular weight excluding hydrogens is 264 g/mol. The van der Waals surface area contributed by atoms with E-state index in [2.05, 4.69) is 5.32 Å². The van der Waals surface area contributed by atoms with Gasteiger partial charge >= 0.3 is 5.00 Å². The van der Waals surface area contributed by atoms with E-state index in [9.17, 15) is 15.2 Å². The Morgan fingerprint density at radius 1 is 1.42 bits per heavy atom. The zero-order chi connectivity index (χ0) is 14.0. The highest BCUT2D eigenvalue weighted by atomic mass is 32.1. The van der Waals surface area contributed by atoms with Gasteiger partial charge in [-0.3, -0.25) is 10.1 Å². The molecule has 2 rings (SSSR count). The van der Waals surface area contributed by atoms with E-state index in [4.69, 9.17) is 0 Å². The van der Waals surface area contributed by atoms with Crippen molar-refractivity contribution in [1.82, 2.24) is 0 Å². The van der Waals surface area contributed by atoms with Gasteiger partial charge in [-0.05, 0) is 31.0 Å². The molecule has 6 heteroatoms. The predicted octanol–water partition coefficient (Wildman–Crippen LogP) is 3.59. The maximum absolute atomic E-state index is 10.6. The first-order chi connectivity index (χ1) is 8.99. The summed E-state index contributed by atoms with van der Waals surface area (Å²) in [5, 5.41) is 25.5. The fraction of sp³-hybridized carbons (Fsp3) is 0.231. The Bertz CT molecular complexity index is 622. The molecule has 0 radical (unpaired) electrons. The van der Waals surface area contributed by atoms with Crippen LogP contribution in [0.4, 0.5) is 10.7 Å². The molecule has 1 aromatic carbocycles. The molecule has 0 aliphatic heterocycles. The number of phenols is 1. The second-order valence-corrected chi connectivity index (χ2v) is 5.20. The summed E-state index contributed by atoms with van der Waals surface area (Å²) in [4.78, 5) is 10.2. The van der Waals surface area contributed by atoms with Gasteiger partial charge in [0, 0.05) is 29.2 Å². The monoisotopic (exact) mass is 278 g/mol. The molecule has 0 saturated heterocycles. The Morgan fingerprint density at radius 2 is 2.16 bits per heavy atom. The summed E-state index contributed by atoms with van der Waals surface area (Å²) >= 11 is 1.11. The summed E-state index contributed by atoms with van der Waals surface area (Å²) in [6, 6.07) is 5.28. The number of nitro groups is 1. The highest BCUT2D eigenvalue weighted by molar-refractivity contribution is 7.13. The van der Waals surface area contributed by atoms with Gasteiger partial charge in [0.15, 0.2) is 0 Å². The van der Waals surface area contributed by atoms with Gasteiger partial charge in [-0.25, -0.2) is 0 Å². The maximum atomic E-state index is 10.6. The van der Waals surface area contributed by atoms with Gasteiger partial charge in [0.25, 0.3) is 0 Å². The number of phenolic OH excluding ortho intramolecular Hbond substituents is 1. The van der Waals surface area contributed by atoms with E-state index in [1.54, 1.807) is 11.4 Å². The third-order valence-electron chi connectivity index (χ3n) is 2.94. The number of rotatable bonds is 4. The molecule has 19 heavy (non-hydrogen) atoms. The fourth-order valence-electron chi connectivity index (χ4n) is 1.78. The lowest BCUT2D eigenvalue weighted by Gasteiger charge is -2.11. The molecule has 1 aromatic heterocycles. The predicted molar refractivity (Wildman–Crippen MR) is 75.9 cm³/mol. The van der Waals surface area contributed by atoms with Gasteiger partial charge in [-0.15, -0.1) is 0 Å². The third-order valence-corrected chi connectivity index (χ3v) is 3.86. The average Bonchev–Trinajstić information content (AvgIpc) is 2.84. The van der Waals surface area contributed by atoms with Crippen LogP contribution in [0.1, 0.15) is 16.7 Å². The third kappa shape index (κ3) is 2.85. The first-order valence-corrected chi connectivity index (χ1v) is 6.62. The van der Waals surface area contributed by atoms with Gasteiger partial charge < -0.3 is 10.4 Å². The van der Waals surface area contributed by atoms with Crippen LogP contribution >= 0.6 is 11.3 Å². The number of nitrogens with zero attached hydrogens (tertiary/aromatic N) is 1. The lowest BCUT2D eigenvalue weighted by atomic mass is 10.1. The molecule has 0 fully saturated rings. The maximum Gasteiger partial charge on any atom is 0.324 e. The Balaban J connectivity index is 2.10. The second kappa shape index (κ2) is 5.27. The van der Waals surface area contributed by atoms with Crippen LogP contribution in [-0.4, -0.2) is 10.0 Å². The van der Waals surface area contributed by atoms with Crippen LogP contribution in [0.3, 0.4) is 0 Å². The van der Waals surface area contributed by atoms with Crippen LogP contribution in [0, 0.1) is 24.0 Å². The molecule has 0 atom stereocenters. The van der Waals surface area contributed by atoms with Crippen molar-refractivity contribution in [3.63, 3.8) is 0 Å². The van der Waals surface area contributed by atoms with E-state index in [1.165, 1.54) is 0 Å². The van der Waals surface area contributed by atoms with Crippen molar-refractivity contribution in [2.45, 2.75) is 20.4 Å². The molecule has 0 unspecified atom stereocenters. The van der Waals surface area contributed by atoms with E-state index in [1.807, 2.05) is 26.0 Å². The summed E-state index contributed by atoms with van der Waals surface area (Å²) in [5.41, 5.74) is 3.30. The molecule has 1 heterocycles. The molecule has 5 nitrogen and oxygen atoms in total. The number of benzene rings is 1. The number of aromatic hydroxyl groups is 1. The van der Waals surface area contributed by atoms with Crippen LogP contribution < -0.4 is 5.32 Å². The number of hydrogen-bond donors (Lipinski definition) is 2. The van der Waals surface area contributed by atoms with Crippen molar-refractivity contribution in [2.24, 2.45) is 0 Å². The Hall–Kier alpha value is -2.08. The van der Waals surface area contributed by atoms with Gasteiger partial charge in [-0.1, -0.05) is 17.4 Å². The van der Waals surface area contributed by atoms with E-state index < -0.39 is 4.92 Å². The largest absolute Gasteiger partial charge is 0.507 e. The zero-order valence-electron chi connectivity index (χ0n) is 10.6. The average molecular weight is 278 g/mol. The molecule has 2 N–H and O–H groups in total. The Labute approximate surface area is 114 Å². The SMILES string of the molecule is Cc1ccc(NCc2csc([N+](=O)[O-])c2)c(C)c1O. The molecular formula is C13H14N2O3S. The van der Waals surface area contributed by atoms with Gasteiger partial charge in [0.1, 0.15) is 5.75 Å². The summed E-state index contributed by atoms with van der Waals surface area (Å²) in [6.07, 6.45) is 0. The summed E-state index contributed by atoms with van der Waals surface area (Å²) in [5.74, 6) is 0.279. The zero-order valence-corrected chi connectivity index (χ0v) is 11.5. The number of anilines is 1. The molecule has 0 bridgehead atoms. The van der Waals surface area contributed by atoms with Gasteiger partial charge in [-0.2, -0.15) is 0 Å². The second-order valence-electron chi connectivity index (χ2n) is 4.31. The van der Waals surface area contributed by atoms with Gasteiger partial charge in [0.2, 0.25) is 0 Å². The van der Waals surface area contributed by atoms with Crippen LogP contribution in [0.5, 0.6) is 5.75 Å². The quantitative estimate of drug-likeness (QED) is 0.662. The summed E-state index contributed by atoms with van der Waals surface area (Å²) in [7, 11) is 0. The van der Waals surface area contributed by atoms with E-state index in [0.717, 1.165) is 33.7 Å². The number of aryl methyl sites for hydroxylation is 1. The van der Waals surface area contributed by atoms with Crippen molar-refractivity contribution < 1.29 is 10.0 Å². The molecule has 0 saturated carbocycles. The van der Waals surface area contributed by atoms with Gasteiger partial charge in [0.05, 0.1) is 4.92 Å². The molecule has 0 aliphatic carbocycles. The molecule has 0 amide bonds. The number of thiophene rings is 1. The minimum absolute atomic E-state index is 0.139. The summed E-state index contributed by atoms with van der Waals surface area (Å²) < 4.78 is 0. The lowest BCUT2D eigenvalue weighted by molar-refractivity contribution is -0.380. The Kier molecular flexibility index (Phi) is 3.71. The van der Waals surface area contributed by atoms with Crippen molar-refractivity contribution in [2.75, 3.05) is 5.32 Å². The van der Waals surface area contributed by atoms with Crippen LogP contribution in [0.2, 0.25) is 0 Å². The van der Waals surface area contributed by atoms with Crippen molar-refractivity contribution in [3.05, 3.63) is 50.4 Å².